The van der Waals surface area contributed by atoms with Crippen molar-refractivity contribution in [2.45, 2.75) is 18.9 Å². The molecule has 0 aliphatic heterocycles. The number of fused-ring (bicyclic) bond motifs is 2. The van der Waals surface area contributed by atoms with E-state index < -0.39 is 0 Å². The van der Waals surface area contributed by atoms with E-state index >= 15 is 0 Å². The summed E-state index contributed by atoms with van der Waals surface area (Å²) in [6, 6.07) is 4.28. The largest absolute Gasteiger partial charge is 0.358 e. The zero-order valence-corrected chi connectivity index (χ0v) is 11.3. The van der Waals surface area contributed by atoms with Gasteiger partial charge in [0.1, 0.15) is 0 Å². The fourth-order valence-corrected chi connectivity index (χ4v) is 2.97. The molecule has 2 N–H and O–H groups in total. The summed E-state index contributed by atoms with van der Waals surface area (Å²) in [6.45, 7) is 0. The van der Waals surface area contributed by atoms with E-state index in [0.717, 1.165) is 11.5 Å². The van der Waals surface area contributed by atoms with E-state index in [1.807, 2.05) is 12.1 Å². The van der Waals surface area contributed by atoms with E-state index in [9.17, 15) is 0 Å². The van der Waals surface area contributed by atoms with Gasteiger partial charge in [-0.25, -0.2) is 0 Å². The Morgan fingerprint density at radius 3 is 3.05 bits per heavy atom. The van der Waals surface area contributed by atoms with Crippen LogP contribution in [0.25, 0.3) is 0 Å². The third-order valence-electron chi connectivity index (χ3n) is 3.66. The standard InChI is InChI=1S/C14H16N4S/c19-14(17-13-7-10-3-4-12(13)6-10)18-16-9-11-2-1-5-15-8-11/h1-5,8-10,12-13H,6-7H2,(H2,17,18,19)/b16-9-/t10-,12-,13+/m0/s1. The Hall–Kier alpha value is -1.75. The normalized spacial score (nSPS) is 27.9. The van der Waals surface area contributed by atoms with E-state index in [1.165, 1.54) is 12.8 Å². The SMILES string of the molecule is S=C(N/N=C\c1cccnc1)N[C@@H]1C[C@H]2C=C[C@H]1C2. The smallest absolute Gasteiger partial charge is 0.187 e. The lowest BCUT2D eigenvalue weighted by Crippen LogP contribution is -2.42. The summed E-state index contributed by atoms with van der Waals surface area (Å²) >= 11 is 5.25. The monoisotopic (exact) mass is 272 g/mol. The van der Waals surface area contributed by atoms with Crippen LogP contribution in [0.2, 0.25) is 0 Å². The minimum atomic E-state index is 0.462. The van der Waals surface area contributed by atoms with E-state index in [2.05, 4.69) is 33.0 Å². The Balaban J connectivity index is 1.47. The fourth-order valence-electron chi connectivity index (χ4n) is 2.77. The lowest BCUT2D eigenvalue weighted by atomic mass is 10.0. The highest BCUT2D eigenvalue weighted by Crippen LogP contribution is 2.38. The maximum absolute atomic E-state index is 5.25. The summed E-state index contributed by atoms with van der Waals surface area (Å²) in [5, 5.41) is 8.03. The van der Waals surface area contributed by atoms with Crippen molar-refractivity contribution in [3.8, 4) is 0 Å². The molecule has 0 amide bonds. The van der Waals surface area contributed by atoms with Crippen LogP contribution in [0, 0.1) is 11.8 Å². The Morgan fingerprint density at radius 1 is 1.42 bits per heavy atom. The molecule has 1 saturated carbocycles. The molecule has 1 aromatic heterocycles. The van der Waals surface area contributed by atoms with Crippen LogP contribution >= 0.6 is 12.2 Å². The second kappa shape index (κ2) is 5.48. The molecule has 1 fully saturated rings. The fraction of sp³-hybridized carbons (Fsp3) is 0.357. The number of pyridine rings is 1. The average Bonchev–Trinajstić information content (AvgIpc) is 3.02. The molecule has 98 valence electrons. The molecule has 0 saturated heterocycles. The van der Waals surface area contributed by atoms with Crippen LogP contribution in [0.15, 0.2) is 41.8 Å². The Kier molecular flexibility index (Phi) is 3.55. The maximum Gasteiger partial charge on any atom is 0.187 e. The van der Waals surface area contributed by atoms with Gasteiger partial charge in [0.25, 0.3) is 0 Å². The minimum absolute atomic E-state index is 0.462. The van der Waals surface area contributed by atoms with Crippen molar-refractivity contribution >= 4 is 23.5 Å². The van der Waals surface area contributed by atoms with Crippen LogP contribution in [0.5, 0.6) is 0 Å². The molecule has 2 aliphatic carbocycles. The third-order valence-corrected chi connectivity index (χ3v) is 3.87. The van der Waals surface area contributed by atoms with Gasteiger partial charge in [-0.05, 0) is 43.0 Å². The molecular weight excluding hydrogens is 256 g/mol. The second-order valence-electron chi connectivity index (χ2n) is 5.02. The highest BCUT2D eigenvalue weighted by molar-refractivity contribution is 7.80. The number of nitrogens with one attached hydrogen (secondary N) is 2. The van der Waals surface area contributed by atoms with Gasteiger partial charge in [0.2, 0.25) is 0 Å². The van der Waals surface area contributed by atoms with Crippen molar-refractivity contribution in [2.75, 3.05) is 0 Å². The zero-order valence-electron chi connectivity index (χ0n) is 10.5. The summed E-state index contributed by atoms with van der Waals surface area (Å²) in [7, 11) is 0. The van der Waals surface area contributed by atoms with Crippen LogP contribution in [-0.4, -0.2) is 22.4 Å². The molecule has 0 aromatic carbocycles. The van der Waals surface area contributed by atoms with E-state index in [1.54, 1.807) is 18.6 Å². The molecular formula is C14H16N4S. The van der Waals surface area contributed by atoms with E-state index in [0.29, 0.717) is 17.1 Å². The summed E-state index contributed by atoms with van der Waals surface area (Å²) in [6.07, 6.45) is 12.3. The molecule has 1 aromatic rings. The van der Waals surface area contributed by atoms with Gasteiger partial charge in [-0.15, -0.1) is 0 Å². The molecule has 3 atom stereocenters. The Labute approximate surface area is 118 Å². The summed E-state index contributed by atoms with van der Waals surface area (Å²) < 4.78 is 0. The first-order chi connectivity index (χ1) is 9.31. The molecule has 1 heterocycles. The molecule has 2 bridgehead atoms. The number of thiocarbonyl (C=S) groups is 1. The number of hydrogen-bond donors (Lipinski definition) is 2. The van der Waals surface area contributed by atoms with Crippen LogP contribution in [0.4, 0.5) is 0 Å². The zero-order chi connectivity index (χ0) is 13.1. The predicted octanol–water partition coefficient (Wildman–Crippen LogP) is 1.84. The lowest BCUT2D eigenvalue weighted by Gasteiger charge is -2.20. The molecule has 3 rings (SSSR count). The van der Waals surface area contributed by atoms with Gasteiger partial charge in [-0.1, -0.05) is 18.2 Å². The van der Waals surface area contributed by atoms with Gasteiger partial charge in [0.15, 0.2) is 5.11 Å². The van der Waals surface area contributed by atoms with Gasteiger partial charge in [0, 0.05) is 24.0 Å². The summed E-state index contributed by atoms with van der Waals surface area (Å²) in [5.41, 5.74) is 3.80. The van der Waals surface area contributed by atoms with Crippen molar-refractivity contribution in [2.24, 2.45) is 16.9 Å². The van der Waals surface area contributed by atoms with Gasteiger partial charge < -0.3 is 5.32 Å². The third kappa shape index (κ3) is 2.98. The van der Waals surface area contributed by atoms with Crippen LogP contribution in [0.3, 0.4) is 0 Å². The molecule has 2 aliphatic rings. The van der Waals surface area contributed by atoms with Gasteiger partial charge in [0.05, 0.1) is 6.21 Å². The minimum Gasteiger partial charge on any atom is -0.358 e. The topological polar surface area (TPSA) is 49.3 Å². The number of hydrogen-bond acceptors (Lipinski definition) is 3. The second-order valence-corrected chi connectivity index (χ2v) is 5.42. The summed E-state index contributed by atoms with van der Waals surface area (Å²) in [5.74, 6) is 1.37. The van der Waals surface area contributed by atoms with Crippen LogP contribution in [-0.2, 0) is 0 Å². The van der Waals surface area contributed by atoms with E-state index in [4.69, 9.17) is 12.2 Å². The van der Waals surface area contributed by atoms with E-state index in [-0.39, 0.29) is 0 Å². The molecule has 4 nitrogen and oxygen atoms in total. The van der Waals surface area contributed by atoms with Crippen molar-refractivity contribution in [1.29, 1.82) is 0 Å². The Morgan fingerprint density at radius 2 is 2.37 bits per heavy atom. The number of nitrogens with zero attached hydrogens (tertiary/aromatic N) is 2. The molecule has 5 heteroatoms. The van der Waals surface area contributed by atoms with Gasteiger partial charge in [-0.3, -0.25) is 10.4 Å². The average molecular weight is 272 g/mol. The highest BCUT2D eigenvalue weighted by Gasteiger charge is 2.35. The number of rotatable bonds is 3. The first-order valence-corrected chi connectivity index (χ1v) is 6.90. The van der Waals surface area contributed by atoms with Crippen molar-refractivity contribution in [1.82, 2.24) is 15.7 Å². The molecule has 19 heavy (non-hydrogen) atoms. The van der Waals surface area contributed by atoms with Gasteiger partial charge in [-0.2, -0.15) is 5.10 Å². The predicted molar refractivity (Wildman–Crippen MR) is 79.8 cm³/mol. The number of hydrazone groups is 1. The van der Waals surface area contributed by atoms with Crippen molar-refractivity contribution in [3.63, 3.8) is 0 Å². The Bertz CT molecular complexity index is 511. The maximum atomic E-state index is 5.25. The summed E-state index contributed by atoms with van der Waals surface area (Å²) in [4.78, 5) is 4.02. The number of allylic oxidation sites excluding steroid dienone is 1. The van der Waals surface area contributed by atoms with Crippen molar-refractivity contribution < 1.29 is 0 Å². The highest BCUT2D eigenvalue weighted by atomic mass is 32.1. The van der Waals surface area contributed by atoms with Crippen molar-refractivity contribution in [3.05, 3.63) is 42.2 Å². The molecule has 0 unspecified atom stereocenters. The molecule has 0 spiro atoms. The molecule has 0 radical (unpaired) electrons. The number of aromatic nitrogens is 1. The quantitative estimate of drug-likeness (QED) is 0.381. The first-order valence-electron chi connectivity index (χ1n) is 6.49. The lowest BCUT2D eigenvalue weighted by molar-refractivity contribution is 0.521. The van der Waals surface area contributed by atoms with Crippen LogP contribution in [0.1, 0.15) is 18.4 Å². The van der Waals surface area contributed by atoms with Gasteiger partial charge >= 0.3 is 0 Å². The van der Waals surface area contributed by atoms with Crippen LogP contribution < -0.4 is 10.7 Å². The first kappa shape index (κ1) is 12.3.